The topological polar surface area (TPSA) is 70.1 Å². The summed E-state index contributed by atoms with van der Waals surface area (Å²) in [5, 5.41) is 10.4. The van der Waals surface area contributed by atoms with Crippen molar-refractivity contribution in [1.29, 1.82) is 5.26 Å². The van der Waals surface area contributed by atoms with Crippen LogP contribution in [0.5, 0.6) is 0 Å². The highest BCUT2D eigenvalue weighted by atomic mass is 35.5. The number of nitriles is 1. The molecule has 0 bridgehead atoms. The summed E-state index contributed by atoms with van der Waals surface area (Å²) in [6.07, 6.45) is 0.266. The Hall–Kier alpha value is -2.36. The third-order valence-electron chi connectivity index (χ3n) is 5.71. The van der Waals surface area contributed by atoms with E-state index in [1.54, 1.807) is 6.07 Å². The average molecular weight is 466 g/mol. The minimum atomic E-state index is -1.46. The van der Waals surface area contributed by atoms with Crippen molar-refractivity contribution in [2.45, 2.75) is 51.1 Å². The van der Waals surface area contributed by atoms with Gasteiger partial charge in [-0.2, -0.15) is 5.26 Å². The summed E-state index contributed by atoms with van der Waals surface area (Å²) in [6.45, 7) is 5.87. The van der Waals surface area contributed by atoms with Crippen molar-refractivity contribution in [3.05, 3.63) is 63.6 Å². The van der Waals surface area contributed by atoms with Gasteiger partial charge in [-0.1, -0.05) is 56.1 Å². The number of rotatable bonds is 4. The molecule has 0 saturated carbocycles. The van der Waals surface area contributed by atoms with Crippen LogP contribution in [0, 0.1) is 28.4 Å². The van der Waals surface area contributed by atoms with Crippen molar-refractivity contribution < 1.29 is 13.6 Å². The van der Waals surface area contributed by atoms with Crippen LogP contribution in [0.3, 0.4) is 0 Å². The number of hydrogen-bond acceptors (Lipinski definition) is 3. The number of carbonyl (C=O) groups is 1. The van der Waals surface area contributed by atoms with Gasteiger partial charge < -0.3 is 10.6 Å². The van der Waals surface area contributed by atoms with E-state index < -0.39 is 35.0 Å². The highest BCUT2D eigenvalue weighted by Crippen LogP contribution is 2.50. The molecule has 0 aliphatic carbocycles. The van der Waals surface area contributed by atoms with Crippen LogP contribution < -0.4 is 10.6 Å². The Labute approximate surface area is 190 Å². The van der Waals surface area contributed by atoms with E-state index in [0.717, 1.165) is 6.07 Å². The number of nitrogens with zero attached hydrogens (tertiary/aromatic N) is 2. The minimum Gasteiger partial charge on any atom is -0.368 e. The molecular weight excluding hydrogens is 443 g/mol. The van der Waals surface area contributed by atoms with Crippen LogP contribution >= 0.6 is 23.2 Å². The van der Waals surface area contributed by atoms with Crippen LogP contribution in [0.4, 0.5) is 14.5 Å². The summed E-state index contributed by atoms with van der Waals surface area (Å²) < 4.78 is 30.2. The number of halogens is 4. The van der Waals surface area contributed by atoms with Crippen LogP contribution in [0.25, 0.3) is 0 Å². The standard InChI is InChI=1S/C23H23Cl2F2N3O/c1-22(2,3)11-19-23(12-28,14-8-7-13(24)9-16(14)26)10-18(21(29)31)30(19)17-6-4-5-15(25)20(17)27/h4-9,18-19H,10-11H2,1-3H3,(H2,29,31). The van der Waals surface area contributed by atoms with Crippen molar-refractivity contribution in [3.63, 3.8) is 0 Å². The molecule has 3 unspecified atom stereocenters. The van der Waals surface area contributed by atoms with Gasteiger partial charge >= 0.3 is 0 Å². The zero-order chi connectivity index (χ0) is 23.1. The van der Waals surface area contributed by atoms with Crippen molar-refractivity contribution >= 4 is 34.8 Å². The predicted octanol–water partition coefficient (Wildman–Crippen LogP) is 5.60. The molecule has 1 saturated heterocycles. The van der Waals surface area contributed by atoms with Gasteiger partial charge in [0.1, 0.15) is 17.3 Å². The molecular formula is C23H23Cl2F2N3O. The summed E-state index contributed by atoms with van der Waals surface area (Å²) in [5.41, 5.74) is 4.05. The highest BCUT2D eigenvalue weighted by Gasteiger charge is 2.57. The Balaban J connectivity index is 2.32. The van der Waals surface area contributed by atoms with E-state index in [1.165, 1.54) is 29.2 Å². The third kappa shape index (κ3) is 4.22. The van der Waals surface area contributed by atoms with Gasteiger partial charge in [-0.3, -0.25) is 4.79 Å². The van der Waals surface area contributed by atoms with Gasteiger partial charge in [0.25, 0.3) is 0 Å². The van der Waals surface area contributed by atoms with E-state index in [-0.39, 0.29) is 33.1 Å². The fourth-order valence-corrected chi connectivity index (χ4v) is 4.76. The smallest absolute Gasteiger partial charge is 0.240 e. The summed E-state index contributed by atoms with van der Waals surface area (Å²) in [5.74, 6) is -2.12. The van der Waals surface area contributed by atoms with Crippen LogP contribution in [0.2, 0.25) is 10.0 Å². The van der Waals surface area contributed by atoms with Crippen molar-refractivity contribution in [1.82, 2.24) is 0 Å². The second kappa shape index (κ2) is 8.29. The van der Waals surface area contributed by atoms with Crippen molar-refractivity contribution in [3.8, 4) is 6.07 Å². The van der Waals surface area contributed by atoms with Crippen LogP contribution in [0.1, 0.15) is 39.2 Å². The molecule has 164 valence electrons. The molecule has 1 heterocycles. The molecule has 4 nitrogen and oxygen atoms in total. The van der Waals surface area contributed by atoms with Gasteiger partial charge in [0.15, 0.2) is 5.82 Å². The van der Waals surface area contributed by atoms with Crippen molar-refractivity contribution in [2.75, 3.05) is 4.90 Å². The molecule has 1 aliphatic heterocycles. The highest BCUT2D eigenvalue weighted by molar-refractivity contribution is 6.31. The zero-order valence-corrected chi connectivity index (χ0v) is 18.9. The maximum Gasteiger partial charge on any atom is 0.240 e. The van der Waals surface area contributed by atoms with Gasteiger partial charge in [0, 0.05) is 17.0 Å². The number of nitrogens with two attached hydrogens (primary N) is 1. The fraction of sp³-hybridized carbons (Fsp3) is 0.391. The lowest BCUT2D eigenvalue weighted by Crippen LogP contribution is -2.48. The fourth-order valence-electron chi connectivity index (χ4n) is 4.43. The molecule has 2 aromatic rings. The number of benzene rings is 2. The lowest BCUT2D eigenvalue weighted by Gasteiger charge is -2.39. The molecule has 1 fully saturated rings. The Morgan fingerprint density at radius 3 is 2.52 bits per heavy atom. The Bertz CT molecular complexity index is 1060. The molecule has 0 spiro atoms. The minimum absolute atomic E-state index is 0.0528. The first-order valence-electron chi connectivity index (χ1n) is 9.80. The second-order valence-corrected chi connectivity index (χ2v) is 9.93. The number of anilines is 1. The molecule has 31 heavy (non-hydrogen) atoms. The van der Waals surface area contributed by atoms with E-state index in [2.05, 4.69) is 6.07 Å². The molecule has 2 N–H and O–H groups in total. The molecule has 3 rings (SSSR count). The summed E-state index contributed by atoms with van der Waals surface area (Å²) in [7, 11) is 0. The molecule has 1 amide bonds. The van der Waals surface area contributed by atoms with E-state index in [9.17, 15) is 10.1 Å². The maximum atomic E-state index is 15.1. The van der Waals surface area contributed by atoms with E-state index >= 15 is 8.78 Å². The van der Waals surface area contributed by atoms with Crippen LogP contribution in [-0.4, -0.2) is 18.0 Å². The van der Waals surface area contributed by atoms with Crippen LogP contribution in [0.15, 0.2) is 36.4 Å². The molecule has 8 heteroatoms. The normalized spacial score (nSPS) is 23.6. The van der Waals surface area contributed by atoms with Gasteiger partial charge in [-0.25, -0.2) is 8.78 Å². The Morgan fingerprint density at radius 2 is 1.97 bits per heavy atom. The number of carbonyl (C=O) groups excluding carboxylic acids is 1. The van der Waals surface area contributed by atoms with Crippen molar-refractivity contribution in [2.24, 2.45) is 11.1 Å². The number of hydrogen-bond donors (Lipinski definition) is 1. The average Bonchev–Trinajstić information content (AvgIpc) is 2.97. The maximum absolute atomic E-state index is 15.1. The summed E-state index contributed by atoms with van der Waals surface area (Å²) >= 11 is 11.9. The van der Waals surface area contributed by atoms with Crippen LogP contribution in [-0.2, 0) is 10.2 Å². The second-order valence-electron chi connectivity index (χ2n) is 9.09. The number of amides is 1. The van der Waals surface area contributed by atoms with E-state index in [0.29, 0.717) is 6.42 Å². The first-order valence-corrected chi connectivity index (χ1v) is 10.6. The SMILES string of the molecule is CC(C)(C)CC1N(c2cccc(Cl)c2F)C(C(N)=O)CC1(C#N)c1ccc(Cl)cc1F. The van der Waals surface area contributed by atoms with Gasteiger partial charge in [-0.05, 0) is 36.1 Å². The first-order chi connectivity index (χ1) is 14.4. The predicted molar refractivity (Wildman–Crippen MR) is 118 cm³/mol. The summed E-state index contributed by atoms with van der Waals surface area (Å²) in [4.78, 5) is 14.0. The number of primary amides is 1. The molecule has 3 atom stereocenters. The molecule has 0 aromatic heterocycles. The van der Waals surface area contributed by atoms with Gasteiger partial charge in [0.2, 0.25) is 5.91 Å². The van der Waals surface area contributed by atoms with E-state index in [4.69, 9.17) is 28.9 Å². The lowest BCUT2D eigenvalue weighted by atomic mass is 9.70. The third-order valence-corrected chi connectivity index (χ3v) is 6.24. The monoisotopic (exact) mass is 465 g/mol. The summed E-state index contributed by atoms with van der Waals surface area (Å²) in [6, 6.07) is 8.99. The molecule has 1 aliphatic rings. The zero-order valence-electron chi connectivity index (χ0n) is 17.4. The lowest BCUT2D eigenvalue weighted by molar-refractivity contribution is -0.119. The Kier molecular flexibility index (Phi) is 6.23. The van der Waals surface area contributed by atoms with E-state index in [1.807, 2.05) is 20.8 Å². The molecule has 0 radical (unpaired) electrons. The van der Waals surface area contributed by atoms with Gasteiger partial charge in [-0.15, -0.1) is 0 Å². The largest absolute Gasteiger partial charge is 0.368 e. The quantitative estimate of drug-likeness (QED) is 0.638. The Morgan fingerprint density at radius 1 is 1.29 bits per heavy atom. The van der Waals surface area contributed by atoms with Gasteiger partial charge in [0.05, 0.1) is 22.8 Å². The first kappa shape index (κ1) is 23.3. The molecule has 2 aromatic carbocycles.